The standard InChI is InChI=1S/C11H11ClF3NO/c12-9-3-8(11(13,14)15)1-2-10(9)17-6-7-4-16-5-7/h1-3,7,16H,4-6H2. The van der Waals surface area contributed by atoms with E-state index in [0.717, 1.165) is 25.2 Å². The second kappa shape index (κ2) is 4.74. The highest BCUT2D eigenvalue weighted by atomic mass is 35.5. The van der Waals surface area contributed by atoms with Gasteiger partial charge in [0, 0.05) is 19.0 Å². The van der Waals surface area contributed by atoms with E-state index < -0.39 is 11.7 Å². The van der Waals surface area contributed by atoms with Gasteiger partial charge in [-0.15, -0.1) is 0 Å². The number of hydrogen-bond donors (Lipinski definition) is 1. The van der Waals surface area contributed by atoms with E-state index in [4.69, 9.17) is 16.3 Å². The van der Waals surface area contributed by atoms with Gasteiger partial charge in [0.25, 0.3) is 0 Å². The molecule has 1 aromatic rings. The Kier molecular flexibility index (Phi) is 3.49. The van der Waals surface area contributed by atoms with E-state index in [1.807, 2.05) is 0 Å². The van der Waals surface area contributed by atoms with Crippen molar-refractivity contribution in [3.8, 4) is 5.75 Å². The van der Waals surface area contributed by atoms with Gasteiger partial charge in [-0.25, -0.2) is 0 Å². The second-order valence-corrected chi connectivity index (χ2v) is 4.39. The Morgan fingerprint density at radius 3 is 2.53 bits per heavy atom. The molecule has 1 aliphatic heterocycles. The van der Waals surface area contributed by atoms with Crippen molar-refractivity contribution >= 4 is 11.6 Å². The van der Waals surface area contributed by atoms with Gasteiger partial charge < -0.3 is 10.1 Å². The van der Waals surface area contributed by atoms with Crippen LogP contribution in [0.1, 0.15) is 5.56 Å². The topological polar surface area (TPSA) is 21.3 Å². The second-order valence-electron chi connectivity index (χ2n) is 3.98. The number of alkyl halides is 3. The first-order valence-electron chi connectivity index (χ1n) is 5.17. The summed E-state index contributed by atoms with van der Waals surface area (Å²) < 4.78 is 42.5. The molecule has 0 aliphatic carbocycles. The lowest BCUT2D eigenvalue weighted by molar-refractivity contribution is -0.137. The fourth-order valence-corrected chi connectivity index (χ4v) is 1.70. The van der Waals surface area contributed by atoms with E-state index >= 15 is 0 Å². The summed E-state index contributed by atoms with van der Waals surface area (Å²) in [7, 11) is 0. The predicted octanol–water partition coefficient (Wildman–Crippen LogP) is 2.96. The lowest BCUT2D eigenvalue weighted by Crippen LogP contribution is -2.45. The predicted molar refractivity (Wildman–Crippen MR) is 58.3 cm³/mol. The quantitative estimate of drug-likeness (QED) is 0.907. The summed E-state index contributed by atoms with van der Waals surface area (Å²) >= 11 is 5.74. The minimum atomic E-state index is -4.37. The fourth-order valence-electron chi connectivity index (χ4n) is 1.47. The molecule has 2 rings (SSSR count). The molecule has 0 amide bonds. The molecule has 0 aromatic heterocycles. The zero-order chi connectivity index (χ0) is 12.5. The van der Waals surface area contributed by atoms with E-state index in [0.29, 0.717) is 18.3 Å². The van der Waals surface area contributed by atoms with Crippen LogP contribution in [0.4, 0.5) is 13.2 Å². The van der Waals surface area contributed by atoms with E-state index in [1.165, 1.54) is 6.07 Å². The largest absolute Gasteiger partial charge is 0.492 e. The van der Waals surface area contributed by atoms with Crippen molar-refractivity contribution in [2.75, 3.05) is 19.7 Å². The Morgan fingerprint density at radius 1 is 1.35 bits per heavy atom. The Hall–Kier alpha value is -0.940. The van der Waals surface area contributed by atoms with Crippen molar-refractivity contribution in [2.45, 2.75) is 6.18 Å². The van der Waals surface area contributed by atoms with E-state index in [2.05, 4.69) is 5.32 Å². The zero-order valence-corrected chi connectivity index (χ0v) is 9.61. The van der Waals surface area contributed by atoms with Crippen LogP contribution in [0, 0.1) is 5.92 Å². The highest BCUT2D eigenvalue weighted by Crippen LogP contribution is 2.34. The molecule has 17 heavy (non-hydrogen) atoms. The molecule has 0 spiro atoms. The molecule has 2 nitrogen and oxygen atoms in total. The third-order valence-corrected chi connectivity index (χ3v) is 2.90. The highest BCUT2D eigenvalue weighted by Gasteiger charge is 2.31. The molecule has 0 bridgehead atoms. The van der Waals surface area contributed by atoms with Gasteiger partial charge >= 0.3 is 6.18 Å². The number of benzene rings is 1. The molecule has 94 valence electrons. The van der Waals surface area contributed by atoms with Crippen LogP contribution in [0.5, 0.6) is 5.75 Å². The maximum absolute atomic E-state index is 12.4. The summed E-state index contributed by atoms with van der Waals surface area (Å²) in [4.78, 5) is 0. The van der Waals surface area contributed by atoms with Crippen LogP contribution >= 0.6 is 11.6 Å². The molecule has 0 unspecified atom stereocenters. The minimum absolute atomic E-state index is 0.00731. The summed E-state index contributed by atoms with van der Waals surface area (Å²) in [6.07, 6.45) is -4.37. The van der Waals surface area contributed by atoms with E-state index in [1.54, 1.807) is 0 Å². The van der Waals surface area contributed by atoms with Crippen molar-refractivity contribution in [3.05, 3.63) is 28.8 Å². The van der Waals surface area contributed by atoms with Gasteiger partial charge in [-0.3, -0.25) is 0 Å². The molecule has 0 atom stereocenters. The average molecular weight is 266 g/mol. The average Bonchev–Trinajstić information content (AvgIpc) is 2.16. The molecule has 1 saturated heterocycles. The Balaban J connectivity index is 2.03. The zero-order valence-electron chi connectivity index (χ0n) is 8.85. The Bertz CT molecular complexity index is 404. The number of ether oxygens (including phenoxy) is 1. The van der Waals surface area contributed by atoms with Gasteiger partial charge in [-0.1, -0.05) is 11.6 Å². The van der Waals surface area contributed by atoms with Crippen LogP contribution < -0.4 is 10.1 Å². The van der Waals surface area contributed by atoms with Crippen molar-refractivity contribution in [2.24, 2.45) is 5.92 Å². The van der Waals surface area contributed by atoms with Gasteiger partial charge in [0.15, 0.2) is 0 Å². The van der Waals surface area contributed by atoms with Gasteiger partial charge in [-0.05, 0) is 18.2 Å². The van der Waals surface area contributed by atoms with E-state index in [-0.39, 0.29) is 5.02 Å². The molecule has 6 heteroatoms. The van der Waals surface area contributed by atoms with Crippen LogP contribution in [-0.4, -0.2) is 19.7 Å². The van der Waals surface area contributed by atoms with Gasteiger partial charge in [0.05, 0.1) is 17.2 Å². The number of halogens is 4. The summed E-state index contributed by atoms with van der Waals surface area (Å²) in [5.41, 5.74) is -0.764. The molecule has 1 fully saturated rings. The third-order valence-electron chi connectivity index (χ3n) is 2.60. The SMILES string of the molecule is FC(F)(F)c1ccc(OCC2CNC2)c(Cl)c1. The highest BCUT2D eigenvalue weighted by molar-refractivity contribution is 6.32. The molecule has 0 saturated carbocycles. The van der Waals surface area contributed by atoms with Gasteiger partial charge in [0.2, 0.25) is 0 Å². The van der Waals surface area contributed by atoms with Crippen LogP contribution in [0.3, 0.4) is 0 Å². The minimum Gasteiger partial charge on any atom is -0.492 e. The fraction of sp³-hybridized carbons (Fsp3) is 0.455. The van der Waals surface area contributed by atoms with Crippen LogP contribution in [0.25, 0.3) is 0 Å². The third kappa shape index (κ3) is 3.04. The maximum Gasteiger partial charge on any atom is 0.416 e. The summed E-state index contributed by atoms with van der Waals surface area (Å²) in [5, 5.41) is 3.07. The smallest absolute Gasteiger partial charge is 0.416 e. The summed E-state index contributed by atoms with van der Waals surface area (Å²) in [6, 6.07) is 3.12. The molecule has 1 aliphatic rings. The Labute approximate surface area is 102 Å². The Morgan fingerprint density at radius 2 is 2.06 bits per heavy atom. The van der Waals surface area contributed by atoms with Crippen molar-refractivity contribution < 1.29 is 17.9 Å². The molecule has 1 aromatic carbocycles. The summed E-state index contributed by atoms with van der Waals surface area (Å²) in [6.45, 7) is 2.22. The van der Waals surface area contributed by atoms with Crippen LogP contribution in [0.15, 0.2) is 18.2 Å². The van der Waals surface area contributed by atoms with Crippen molar-refractivity contribution in [3.63, 3.8) is 0 Å². The molecular formula is C11H11ClF3NO. The van der Waals surface area contributed by atoms with E-state index in [9.17, 15) is 13.2 Å². The van der Waals surface area contributed by atoms with Gasteiger partial charge in [0.1, 0.15) is 5.75 Å². The lowest BCUT2D eigenvalue weighted by atomic mass is 10.1. The lowest BCUT2D eigenvalue weighted by Gasteiger charge is -2.27. The van der Waals surface area contributed by atoms with Crippen molar-refractivity contribution in [1.82, 2.24) is 5.32 Å². The van der Waals surface area contributed by atoms with Gasteiger partial charge in [-0.2, -0.15) is 13.2 Å². The molecular weight excluding hydrogens is 255 g/mol. The number of nitrogens with one attached hydrogen (secondary N) is 1. The number of rotatable bonds is 3. The molecule has 0 radical (unpaired) electrons. The number of hydrogen-bond acceptors (Lipinski definition) is 2. The van der Waals surface area contributed by atoms with Crippen LogP contribution in [0.2, 0.25) is 5.02 Å². The molecule has 1 N–H and O–H groups in total. The summed E-state index contributed by atoms with van der Waals surface area (Å²) in [5.74, 6) is 0.708. The normalized spacial score (nSPS) is 16.7. The maximum atomic E-state index is 12.4. The first-order valence-corrected chi connectivity index (χ1v) is 5.55. The first-order chi connectivity index (χ1) is 7.97. The monoisotopic (exact) mass is 265 g/mol. The molecule has 1 heterocycles. The van der Waals surface area contributed by atoms with Crippen molar-refractivity contribution in [1.29, 1.82) is 0 Å². The van der Waals surface area contributed by atoms with Crippen LogP contribution in [-0.2, 0) is 6.18 Å². The first kappa shape index (κ1) is 12.5.